The molecule has 9 heteroatoms. The lowest BCUT2D eigenvalue weighted by atomic mass is 10.1. The van der Waals surface area contributed by atoms with Gasteiger partial charge in [0.15, 0.2) is 0 Å². The van der Waals surface area contributed by atoms with Crippen LogP contribution in [0.25, 0.3) is 11.4 Å². The topological polar surface area (TPSA) is 93.5 Å². The number of nitrogens with one attached hydrogen (secondary N) is 1. The number of nitrogens with zero attached hydrogens (tertiary/aromatic N) is 3. The van der Waals surface area contributed by atoms with Crippen molar-refractivity contribution in [3.63, 3.8) is 0 Å². The molecule has 1 aromatic heterocycles. The standard InChI is InChI=1S/C26H27ClN4O4/c1-3-35-26(34)30-13-12-20-22(15-30)29-24(18-10-8-17(2)9-11-18)31(25(20)33)16-23(32)28-14-19-6-4-5-7-21(19)27/h4-11H,3,12-16H2,1-2H3,(H,28,32). The maximum absolute atomic E-state index is 13.5. The lowest BCUT2D eigenvalue weighted by Gasteiger charge is -2.28. The number of aryl methyl sites for hydroxylation is 1. The molecule has 0 atom stereocenters. The predicted molar refractivity (Wildman–Crippen MR) is 133 cm³/mol. The zero-order valence-corrected chi connectivity index (χ0v) is 20.5. The van der Waals surface area contributed by atoms with Crippen LogP contribution in [0.5, 0.6) is 0 Å². The molecule has 4 rings (SSSR count). The number of benzene rings is 2. The number of amides is 2. The van der Waals surface area contributed by atoms with Gasteiger partial charge < -0.3 is 15.0 Å². The van der Waals surface area contributed by atoms with Crippen molar-refractivity contribution in [1.29, 1.82) is 0 Å². The summed E-state index contributed by atoms with van der Waals surface area (Å²) in [7, 11) is 0. The maximum Gasteiger partial charge on any atom is 0.410 e. The molecular weight excluding hydrogens is 468 g/mol. The van der Waals surface area contributed by atoms with Crippen molar-refractivity contribution < 1.29 is 14.3 Å². The van der Waals surface area contributed by atoms with E-state index in [4.69, 9.17) is 21.3 Å². The number of halogens is 1. The Labute approximate surface area is 208 Å². The van der Waals surface area contributed by atoms with Crippen molar-refractivity contribution in [3.8, 4) is 11.4 Å². The number of carbonyl (C=O) groups excluding carboxylic acids is 2. The first-order chi connectivity index (χ1) is 16.9. The van der Waals surface area contributed by atoms with E-state index >= 15 is 0 Å². The van der Waals surface area contributed by atoms with Crippen LogP contribution in [0.1, 0.15) is 29.3 Å². The monoisotopic (exact) mass is 494 g/mol. The Morgan fingerprint density at radius 3 is 2.60 bits per heavy atom. The molecule has 0 bridgehead atoms. The summed E-state index contributed by atoms with van der Waals surface area (Å²) in [5, 5.41) is 3.40. The molecule has 3 aromatic rings. The van der Waals surface area contributed by atoms with E-state index in [1.54, 1.807) is 13.0 Å². The minimum Gasteiger partial charge on any atom is -0.450 e. The first kappa shape index (κ1) is 24.5. The van der Waals surface area contributed by atoms with Crippen molar-refractivity contribution >= 4 is 23.6 Å². The highest BCUT2D eigenvalue weighted by Gasteiger charge is 2.27. The van der Waals surface area contributed by atoms with Crippen LogP contribution in [0.2, 0.25) is 5.02 Å². The van der Waals surface area contributed by atoms with Crippen molar-refractivity contribution in [2.75, 3.05) is 13.2 Å². The van der Waals surface area contributed by atoms with E-state index in [2.05, 4.69) is 5.32 Å². The molecule has 1 aliphatic heterocycles. The Hall–Kier alpha value is -3.65. The van der Waals surface area contributed by atoms with E-state index in [0.29, 0.717) is 40.6 Å². The molecule has 1 aliphatic rings. The summed E-state index contributed by atoms with van der Waals surface area (Å²) < 4.78 is 6.52. The molecule has 0 spiro atoms. The van der Waals surface area contributed by atoms with E-state index < -0.39 is 6.09 Å². The van der Waals surface area contributed by atoms with Crippen LogP contribution >= 0.6 is 11.6 Å². The second kappa shape index (κ2) is 10.7. The summed E-state index contributed by atoms with van der Waals surface area (Å²) in [6.07, 6.45) is -0.0879. The van der Waals surface area contributed by atoms with Crippen molar-refractivity contribution in [2.45, 2.75) is 39.9 Å². The quantitative estimate of drug-likeness (QED) is 0.564. The molecule has 2 heterocycles. The smallest absolute Gasteiger partial charge is 0.410 e. The normalized spacial score (nSPS) is 12.7. The summed E-state index contributed by atoms with van der Waals surface area (Å²) in [6, 6.07) is 14.9. The highest BCUT2D eigenvalue weighted by molar-refractivity contribution is 6.31. The summed E-state index contributed by atoms with van der Waals surface area (Å²) in [5.74, 6) is 0.0541. The van der Waals surface area contributed by atoms with Gasteiger partial charge in [-0.1, -0.05) is 59.6 Å². The van der Waals surface area contributed by atoms with E-state index in [1.807, 2.05) is 49.4 Å². The van der Waals surface area contributed by atoms with Gasteiger partial charge in [-0.3, -0.25) is 14.2 Å². The van der Waals surface area contributed by atoms with Crippen LogP contribution in [-0.4, -0.2) is 39.6 Å². The molecule has 2 amide bonds. The average molecular weight is 495 g/mol. The van der Waals surface area contributed by atoms with Gasteiger partial charge in [0.05, 0.1) is 18.8 Å². The van der Waals surface area contributed by atoms with Crippen LogP contribution in [0.4, 0.5) is 4.79 Å². The van der Waals surface area contributed by atoms with Crippen LogP contribution in [0, 0.1) is 6.92 Å². The number of hydrogen-bond acceptors (Lipinski definition) is 5. The van der Waals surface area contributed by atoms with Crippen molar-refractivity contribution in [2.24, 2.45) is 0 Å². The summed E-state index contributed by atoms with van der Waals surface area (Å²) in [4.78, 5) is 44.9. The molecule has 2 aromatic carbocycles. The largest absolute Gasteiger partial charge is 0.450 e. The Morgan fingerprint density at radius 1 is 1.14 bits per heavy atom. The predicted octanol–water partition coefficient (Wildman–Crippen LogP) is 3.70. The second-order valence-electron chi connectivity index (χ2n) is 8.36. The first-order valence-corrected chi connectivity index (χ1v) is 11.9. The van der Waals surface area contributed by atoms with Crippen LogP contribution in [0.15, 0.2) is 53.3 Å². The van der Waals surface area contributed by atoms with E-state index in [9.17, 15) is 14.4 Å². The maximum atomic E-state index is 13.5. The molecule has 0 unspecified atom stereocenters. The second-order valence-corrected chi connectivity index (χ2v) is 8.76. The molecule has 1 N–H and O–H groups in total. The number of hydrogen-bond donors (Lipinski definition) is 1. The first-order valence-electron chi connectivity index (χ1n) is 11.5. The minimum atomic E-state index is -0.431. The molecule has 8 nitrogen and oxygen atoms in total. The minimum absolute atomic E-state index is 0.182. The molecule has 182 valence electrons. The number of rotatable bonds is 6. The Bertz CT molecular complexity index is 1300. The fourth-order valence-corrected chi connectivity index (χ4v) is 4.20. The molecule has 0 fully saturated rings. The van der Waals surface area contributed by atoms with E-state index in [0.717, 1.165) is 11.1 Å². The average Bonchev–Trinajstić information content (AvgIpc) is 2.85. The number of fused-ring (bicyclic) bond motifs is 1. The number of ether oxygens (including phenoxy) is 1. The third kappa shape index (κ3) is 5.54. The Kier molecular flexibility index (Phi) is 7.51. The number of carbonyl (C=O) groups is 2. The zero-order valence-electron chi connectivity index (χ0n) is 19.7. The molecular formula is C26H27ClN4O4. The zero-order chi connectivity index (χ0) is 24.9. The van der Waals surface area contributed by atoms with Crippen molar-refractivity contribution in [1.82, 2.24) is 19.8 Å². The lowest BCUT2D eigenvalue weighted by molar-refractivity contribution is -0.121. The summed E-state index contributed by atoms with van der Waals surface area (Å²) >= 11 is 6.19. The van der Waals surface area contributed by atoms with Crippen LogP contribution in [0.3, 0.4) is 0 Å². The van der Waals surface area contributed by atoms with Gasteiger partial charge in [-0.05, 0) is 31.9 Å². The SMILES string of the molecule is CCOC(=O)N1CCc2c(nc(-c3ccc(C)cc3)n(CC(=O)NCc3ccccc3Cl)c2=O)C1. The van der Waals surface area contributed by atoms with Crippen LogP contribution < -0.4 is 10.9 Å². The molecule has 35 heavy (non-hydrogen) atoms. The summed E-state index contributed by atoms with van der Waals surface area (Å²) in [6.45, 7) is 4.59. The molecule has 0 aliphatic carbocycles. The van der Waals surface area contributed by atoms with Gasteiger partial charge in [0.1, 0.15) is 12.4 Å². The highest BCUT2D eigenvalue weighted by Crippen LogP contribution is 2.22. The van der Waals surface area contributed by atoms with Gasteiger partial charge >= 0.3 is 6.09 Å². The molecule has 0 radical (unpaired) electrons. The van der Waals surface area contributed by atoms with Gasteiger partial charge in [0.2, 0.25) is 5.91 Å². The third-order valence-corrected chi connectivity index (χ3v) is 6.26. The number of aromatic nitrogens is 2. The van der Waals surface area contributed by atoms with Crippen LogP contribution in [-0.2, 0) is 35.6 Å². The van der Waals surface area contributed by atoms with Gasteiger partial charge in [-0.25, -0.2) is 9.78 Å². The molecule has 0 saturated heterocycles. The van der Waals surface area contributed by atoms with Gasteiger partial charge in [-0.15, -0.1) is 0 Å². The van der Waals surface area contributed by atoms with Gasteiger partial charge in [0, 0.05) is 29.2 Å². The Morgan fingerprint density at radius 2 is 1.89 bits per heavy atom. The summed E-state index contributed by atoms with van der Waals surface area (Å²) in [5.41, 5.74) is 3.32. The molecule has 0 saturated carbocycles. The third-order valence-electron chi connectivity index (χ3n) is 5.89. The fraction of sp³-hybridized carbons (Fsp3) is 0.308. The fourth-order valence-electron chi connectivity index (χ4n) is 4.00. The highest BCUT2D eigenvalue weighted by atomic mass is 35.5. The van der Waals surface area contributed by atoms with Crippen molar-refractivity contribution in [3.05, 3.63) is 86.3 Å². The van der Waals surface area contributed by atoms with E-state index in [1.165, 1.54) is 9.47 Å². The van der Waals surface area contributed by atoms with E-state index in [-0.39, 0.29) is 37.7 Å². The Balaban J connectivity index is 1.66. The lowest BCUT2D eigenvalue weighted by Crippen LogP contribution is -2.42. The van der Waals surface area contributed by atoms with Gasteiger partial charge in [0.25, 0.3) is 5.56 Å². The van der Waals surface area contributed by atoms with Gasteiger partial charge in [-0.2, -0.15) is 0 Å².